The Labute approximate surface area is 116 Å². The first kappa shape index (κ1) is 11.3. The number of benzene rings is 2. The summed E-state index contributed by atoms with van der Waals surface area (Å²) in [6.45, 7) is 0. The van der Waals surface area contributed by atoms with Crippen molar-refractivity contribution in [3.8, 4) is 17.0 Å². The summed E-state index contributed by atoms with van der Waals surface area (Å²) in [5, 5.41) is 1.02. The number of methoxy groups -OCH3 is 1. The zero-order chi connectivity index (χ0) is 13.9. The molecule has 4 rings (SSSR count). The van der Waals surface area contributed by atoms with E-state index in [4.69, 9.17) is 4.74 Å². The molecule has 0 spiro atoms. The van der Waals surface area contributed by atoms with Crippen molar-refractivity contribution in [1.29, 1.82) is 0 Å². The van der Waals surface area contributed by atoms with Crippen LogP contribution in [-0.2, 0) is 7.05 Å². The minimum Gasteiger partial charge on any atom is -0.497 e. The molecule has 0 bridgehead atoms. The lowest BCUT2D eigenvalue weighted by Gasteiger charge is -2.06. The average molecular weight is 263 g/mol. The van der Waals surface area contributed by atoms with Crippen molar-refractivity contribution in [3.63, 3.8) is 0 Å². The van der Waals surface area contributed by atoms with E-state index >= 15 is 0 Å². The highest BCUT2D eigenvalue weighted by molar-refractivity contribution is 6.27. The van der Waals surface area contributed by atoms with Gasteiger partial charge in [0.05, 0.1) is 18.4 Å². The molecule has 0 aliphatic heterocycles. The molecule has 3 nitrogen and oxygen atoms in total. The first-order valence-corrected chi connectivity index (χ1v) is 6.53. The van der Waals surface area contributed by atoms with Crippen LogP contribution < -0.4 is 4.74 Å². The van der Waals surface area contributed by atoms with Gasteiger partial charge in [-0.2, -0.15) is 0 Å². The molecule has 0 N–H and O–H groups in total. The number of aromatic nitrogens is 1. The molecule has 1 aromatic heterocycles. The van der Waals surface area contributed by atoms with E-state index in [0.717, 1.165) is 39.0 Å². The van der Waals surface area contributed by atoms with Crippen LogP contribution in [0.1, 0.15) is 15.9 Å². The highest BCUT2D eigenvalue weighted by Crippen LogP contribution is 2.43. The Balaban J connectivity index is 2.15. The number of hydrogen-bond acceptors (Lipinski definition) is 2. The molecule has 0 saturated carbocycles. The summed E-state index contributed by atoms with van der Waals surface area (Å²) < 4.78 is 7.37. The second kappa shape index (κ2) is 3.73. The second-order valence-electron chi connectivity index (χ2n) is 5.04. The van der Waals surface area contributed by atoms with E-state index in [2.05, 4.69) is 4.57 Å². The highest BCUT2D eigenvalue weighted by atomic mass is 16.5. The van der Waals surface area contributed by atoms with E-state index < -0.39 is 0 Å². The Hall–Kier alpha value is -2.55. The Morgan fingerprint density at radius 1 is 1.05 bits per heavy atom. The summed E-state index contributed by atoms with van der Waals surface area (Å²) in [6, 6.07) is 13.7. The van der Waals surface area contributed by atoms with Crippen LogP contribution in [0.4, 0.5) is 0 Å². The van der Waals surface area contributed by atoms with Crippen molar-refractivity contribution in [1.82, 2.24) is 4.57 Å². The van der Waals surface area contributed by atoms with Crippen molar-refractivity contribution in [3.05, 3.63) is 53.6 Å². The van der Waals surface area contributed by atoms with Gasteiger partial charge in [-0.3, -0.25) is 4.79 Å². The number of aryl methyl sites for hydroxylation is 1. The molecule has 1 heterocycles. The fraction of sp³-hybridized carbons (Fsp3) is 0.118. The van der Waals surface area contributed by atoms with Gasteiger partial charge in [-0.1, -0.05) is 18.2 Å². The molecule has 98 valence electrons. The number of carbonyl (C=O) groups is 1. The van der Waals surface area contributed by atoms with E-state index in [1.807, 2.05) is 49.5 Å². The fourth-order valence-electron chi connectivity index (χ4n) is 3.12. The number of carbonyl (C=O) groups excluding carboxylic acids is 1. The van der Waals surface area contributed by atoms with E-state index in [0.29, 0.717) is 0 Å². The molecule has 2 aromatic carbocycles. The van der Waals surface area contributed by atoms with Crippen molar-refractivity contribution < 1.29 is 9.53 Å². The number of rotatable bonds is 1. The van der Waals surface area contributed by atoms with Crippen molar-refractivity contribution in [2.45, 2.75) is 0 Å². The third-order valence-electron chi connectivity index (χ3n) is 4.06. The summed E-state index contributed by atoms with van der Waals surface area (Å²) in [5.74, 6) is 0.879. The maximum absolute atomic E-state index is 12.7. The van der Waals surface area contributed by atoms with Crippen LogP contribution >= 0.6 is 0 Å². The van der Waals surface area contributed by atoms with Crippen LogP contribution in [-0.4, -0.2) is 17.5 Å². The topological polar surface area (TPSA) is 31.2 Å². The predicted molar refractivity (Wildman–Crippen MR) is 78.3 cm³/mol. The summed E-state index contributed by atoms with van der Waals surface area (Å²) >= 11 is 0. The summed E-state index contributed by atoms with van der Waals surface area (Å²) in [5.41, 5.74) is 4.61. The first-order valence-electron chi connectivity index (χ1n) is 6.53. The molecule has 0 amide bonds. The summed E-state index contributed by atoms with van der Waals surface area (Å²) in [4.78, 5) is 12.7. The van der Waals surface area contributed by atoms with Crippen LogP contribution in [0.25, 0.3) is 22.2 Å². The zero-order valence-corrected chi connectivity index (χ0v) is 11.3. The molecule has 20 heavy (non-hydrogen) atoms. The van der Waals surface area contributed by atoms with E-state index in [-0.39, 0.29) is 5.78 Å². The molecule has 0 radical (unpaired) electrons. The van der Waals surface area contributed by atoms with Crippen LogP contribution in [0.15, 0.2) is 42.5 Å². The Morgan fingerprint density at radius 3 is 2.65 bits per heavy atom. The predicted octanol–water partition coefficient (Wildman–Crippen LogP) is 3.40. The number of nitrogens with zero attached hydrogens (tertiary/aromatic N) is 1. The molecule has 0 unspecified atom stereocenters. The number of fused-ring (bicyclic) bond motifs is 5. The van der Waals surface area contributed by atoms with Crippen molar-refractivity contribution in [2.24, 2.45) is 7.05 Å². The second-order valence-corrected chi connectivity index (χ2v) is 5.04. The van der Waals surface area contributed by atoms with Crippen LogP contribution in [0, 0.1) is 0 Å². The van der Waals surface area contributed by atoms with Gasteiger partial charge >= 0.3 is 0 Å². The monoisotopic (exact) mass is 263 g/mol. The number of ether oxygens (including phenoxy) is 1. The zero-order valence-electron chi connectivity index (χ0n) is 11.3. The van der Waals surface area contributed by atoms with Crippen molar-refractivity contribution >= 4 is 16.7 Å². The smallest absolute Gasteiger partial charge is 0.196 e. The third-order valence-corrected chi connectivity index (χ3v) is 4.06. The Bertz CT molecular complexity index is 874. The lowest BCUT2D eigenvalue weighted by Crippen LogP contribution is -1.95. The van der Waals surface area contributed by atoms with Gasteiger partial charge in [0, 0.05) is 29.1 Å². The lowest BCUT2D eigenvalue weighted by atomic mass is 10.1. The van der Waals surface area contributed by atoms with E-state index in [1.54, 1.807) is 7.11 Å². The van der Waals surface area contributed by atoms with Crippen LogP contribution in [0.2, 0.25) is 0 Å². The van der Waals surface area contributed by atoms with Crippen LogP contribution in [0.3, 0.4) is 0 Å². The largest absolute Gasteiger partial charge is 0.497 e. The van der Waals surface area contributed by atoms with Crippen molar-refractivity contribution in [2.75, 3.05) is 7.11 Å². The molecule has 0 fully saturated rings. The van der Waals surface area contributed by atoms with Gasteiger partial charge in [0.2, 0.25) is 0 Å². The standard InChI is InChI=1S/C17H13NO2/c1-18-14-6-4-3-5-12(14)15-16(18)13-9-10(20-2)7-8-11(13)17(15)19/h3-9H,1-2H3. The van der Waals surface area contributed by atoms with Gasteiger partial charge in [-0.15, -0.1) is 0 Å². The van der Waals surface area contributed by atoms with Gasteiger partial charge in [-0.25, -0.2) is 0 Å². The molecule has 1 aliphatic carbocycles. The summed E-state index contributed by atoms with van der Waals surface area (Å²) in [7, 11) is 3.64. The average Bonchev–Trinajstić information content (AvgIpc) is 2.95. The maximum atomic E-state index is 12.7. The molecule has 0 saturated heterocycles. The molecule has 3 heteroatoms. The Kier molecular flexibility index (Phi) is 2.11. The first-order chi connectivity index (χ1) is 9.72. The summed E-state index contributed by atoms with van der Waals surface area (Å²) in [6.07, 6.45) is 0. The third kappa shape index (κ3) is 1.22. The normalized spacial score (nSPS) is 12.6. The van der Waals surface area contributed by atoms with Gasteiger partial charge < -0.3 is 9.30 Å². The minimum absolute atomic E-state index is 0.106. The molecular weight excluding hydrogens is 250 g/mol. The van der Waals surface area contributed by atoms with E-state index in [1.165, 1.54) is 0 Å². The van der Waals surface area contributed by atoms with Gasteiger partial charge in [0.1, 0.15) is 5.75 Å². The molecule has 1 aliphatic rings. The molecule has 3 aromatic rings. The number of hydrogen-bond donors (Lipinski definition) is 0. The fourth-order valence-corrected chi connectivity index (χ4v) is 3.12. The lowest BCUT2D eigenvalue weighted by molar-refractivity contribution is 0.104. The van der Waals surface area contributed by atoms with Gasteiger partial charge in [0.15, 0.2) is 5.78 Å². The van der Waals surface area contributed by atoms with Gasteiger partial charge in [-0.05, 0) is 24.3 Å². The van der Waals surface area contributed by atoms with Gasteiger partial charge in [0.25, 0.3) is 0 Å². The SMILES string of the molecule is COc1ccc2c(c1)-c1c(c3ccccc3n1C)C2=O. The minimum atomic E-state index is 0.106. The number of para-hydroxylation sites is 1. The molecular formula is C17H13NO2. The number of ketones is 1. The Morgan fingerprint density at radius 2 is 1.85 bits per heavy atom. The maximum Gasteiger partial charge on any atom is 0.196 e. The van der Waals surface area contributed by atoms with Crippen LogP contribution in [0.5, 0.6) is 5.75 Å². The van der Waals surface area contributed by atoms with E-state index in [9.17, 15) is 4.79 Å². The molecule has 0 atom stereocenters. The highest BCUT2D eigenvalue weighted by Gasteiger charge is 2.32. The quantitative estimate of drug-likeness (QED) is 0.527.